The Bertz CT molecular complexity index is 1100. The third-order valence-corrected chi connectivity index (χ3v) is 5.09. The number of fused-ring (bicyclic) bond motifs is 8. The van der Waals surface area contributed by atoms with Crippen LogP contribution in [0.1, 0.15) is 22.8 Å². The minimum absolute atomic E-state index is 0.0406. The minimum atomic E-state index is -4.52. The first-order chi connectivity index (χ1) is 12.5. The smallest absolute Gasteiger partial charge is 0.416 e. The molecule has 2 aliphatic rings. The fourth-order valence-corrected chi connectivity index (χ4v) is 4.09. The molecule has 1 unspecified atom stereocenters. The van der Waals surface area contributed by atoms with E-state index >= 15 is 0 Å². The maximum atomic E-state index is 13.7. The van der Waals surface area contributed by atoms with Crippen LogP contribution in [0.15, 0.2) is 54.6 Å². The third kappa shape index (κ3) is 1.92. The van der Waals surface area contributed by atoms with Crippen molar-refractivity contribution in [3.63, 3.8) is 0 Å². The van der Waals surface area contributed by atoms with Crippen molar-refractivity contribution in [3.05, 3.63) is 71.3 Å². The summed E-state index contributed by atoms with van der Waals surface area (Å²) in [5.41, 5.74) is 1.54. The van der Waals surface area contributed by atoms with Crippen LogP contribution in [0.5, 0.6) is 5.75 Å². The van der Waals surface area contributed by atoms with Gasteiger partial charge in [-0.25, -0.2) is 0 Å². The van der Waals surface area contributed by atoms with Gasteiger partial charge in [0, 0.05) is 16.5 Å². The molecule has 1 N–H and O–H groups in total. The van der Waals surface area contributed by atoms with Crippen LogP contribution in [0, 0.1) is 0 Å². The lowest BCUT2D eigenvalue weighted by Gasteiger charge is -2.26. The normalized spacial score (nSPS) is 18.0. The predicted molar refractivity (Wildman–Crippen MR) is 93.0 cm³/mol. The quantitative estimate of drug-likeness (QED) is 0.598. The molecule has 0 fully saturated rings. The highest BCUT2D eigenvalue weighted by atomic mass is 19.4. The van der Waals surface area contributed by atoms with E-state index in [1.54, 1.807) is 24.3 Å². The standard InChI is InChI=1S/C21H13F3O2/c22-21(23,24)15-9-10-26-20-14-8-4-2-6-12(14)16-11-5-1-3-7-13(11)19(25)18(16)17(15)20/h1-9,19,25H,10H2. The summed E-state index contributed by atoms with van der Waals surface area (Å²) in [5, 5.41) is 12.3. The van der Waals surface area contributed by atoms with Gasteiger partial charge in [0.05, 0.1) is 5.57 Å². The number of aliphatic hydroxyl groups excluding tert-OH is 1. The number of alkyl halides is 3. The van der Waals surface area contributed by atoms with Gasteiger partial charge in [0.25, 0.3) is 0 Å². The Balaban J connectivity index is 1.99. The van der Waals surface area contributed by atoms with Gasteiger partial charge in [0.2, 0.25) is 0 Å². The summed E-state index contributed by atoms with van der Waals surface area (Å²) in [6.45, 7) is -0.145. The Morgan fingerprint density at radius 3 is 2.38 bits per heavy atom. The SMILES string of the molecule is OC1c2ccccc2-c2c1c1c(c3ccccc23)OCC=C1C(F)(F)F. The van der Waals surface area contributed by atoms with Crippen molar-refractivity contribution < 1.29 is 23.0 Å². The molecule has 1 aliphatic heterocycles. The highest BCUT2D eigenvalue weighted by Gasteiger charge is 2.43. The summed E-state index contributed by atoms with van der Waals surface area (Å²) in [4.78, 5) is 0. The summed E-state index contributed by atoms with van der Waals surface area (Å²) < 4.78 is 46.9. The van der Waals surface area contributed by atoms with Crippen LogP contribution < -0.4 is 4.74 Å². The van der Waals surface area contributed by atoms with Crippen LogP contribution in [0.4, 0.5) is 13.2 Å². The molecule has 130 valence electrons. The van der Waals surface area contributed by atoms with Gasteiger partial charge in [0.1, 0.15) is 18.5 Å². The summed E-state index contributed by atoms with van der Waals surface area (Å²) in [6.07, 6.45) is -4.59. The minimum Gasteiger partial charge on any atom is -0.488 e. The zero-order chi connectivity index (χ0) is 18.1. The molecule has 0 spiro atoms. The van der Waals surface area contributed by atoms with E-state index in [-0.39, 0.29) is 23.5 Å². The molecule has 0 radical (unpaired) electrons. The Hall–Kier alpha value is -2.79. The van der Waals surface area contributed by atoms with Gasteiger partial charge in [-0.15, -0.1) is 0 Å². The van der Waals surface area contributed by atoms with Gasteiger partial charge >= 0.3 is 6.18 Å². The average Bonchev–Trinajstić information content (AvgIpc) is 2.94. The summed E-state index contributed by atoms with van der Waals surface area (Å²) in [6, 6.07) is 14.4. The second kappa shape index (κ2) is 5.11. The zero-order valence-electron chi connectivity index (χ0n) is 13.5. The first-order valence-electron chi connectivity index (χ1n) is 8.25. The molecule has 1 aliphatic carbocycles. The maximum absolute atomic E-state index is 13.7. The van der Waals surface area contributed by atoms with E-state index in [9.17, 15) is 18.3 Å². The number of benzene rings is 3. The molecule has 1 atom stereocenters. The van der Waals surface area contributed by atoms with E-state index in [1.807, 2.05) is 24.3 Å². The van der Waals surface area contributed by atoms with Crippen molar-refractivity contribution >= 4 is 16.3 Å². The Kier molecular flexibility index (Phi) is 3.04. The second-order valence-corrected chi connectivity index (χ2v) is 6.45. The maximum Gasteiger partial charge on any atom is 0.416 e. The fourth-order valence-electron chi connectivity index (χ4n) is 4.09. The lowest BCUT2D eigenvalue weighted by Crippen LogP contribution is -2.19. The number of rotatable bonds is 0. The first kappa shape index (κ1) is 15.5. The number of allylic oxidation sites excluding steroid dienone is 1. The van der Waals surface area contributed by atoms with E-state index in [4.69, 9.17) is 4.74 Å². The van der Waals surface area contributed by atoms with Crippen LogP contribution in [0.3, 0.4) is 0 Å². The predicted octanol–water partition coefficient (Wildman–Crippen LogP) is 5.24. The lowest BCUT2D eigenvalue weighted by molar-refractivity contribution is -0.0697. The Morgan fingerprint density at radius 2 is 1.62 bits per heavy atom. The molecule has 3 aromatic rings. The number of hydrogen-bond donors (Lipinski definition) is 1. The van der Waals surface area contributed by atoms with E-state index in [2.05, 4.69) is 0 Å². The molecule has 0 bridgehead atoms. The molecule has 5 rings (SSSR count). The zero-order valence-corrected chi connectivity index (χ0v) is 13.5. The van der Waals surface area contributed by atoms with E-state index in [1.165, 1.54) is 0 Å². The molecule has 1 heterocycles. The van der Waals surface area contributed by atoms with Crippen LogP contribution >= 0.6 is 0 Å². The summed E-state index contributed by atoms with van der Waals surface area (Å²) in [7, 11) is 0. The average molecular weight is 354 g/mol. The summed E-state index contributed by atoms with van der Waals surface area (Å²) in [5.74, 6) is 0.195. The monoisotopic (exact) mass is 354 g/mol. The van der Waals surface area contributed by atoms with Gasteiger partial charge in [-0.3, -0.25) is 0 Å². The largest absolute Gasteiger partial charge is 0.488 e. The molecular formula is C21H13F3O2. The summed E-state index contributed by atoms with van der Waals surface area (Å²) >= 11 is 0. The van der Waals surface area contributed by atoms with Gasteiger partial charge in [-0.2, -0.15) is 13.2 Å². The van der Waals surface area contributed by atoms with Crippen molar-refractivity contribution in [1.29, 1.82) is 0 Å². The molecule has 5 heteroatoms. The first-order valence-corrected chi connectivity index (χ1v) is 8.25. The van der Waals surface area contributed by atoms with E-state index < -0.39 is 17.9 Å². The van der Waals surface area contributed by atoms with Crippen LogP contribution in [0.2, 0.25) is 0 Å². The number of ether oxygens (including phenoxy) is 1. The van der Waals surface area contributed by atoms with E-state index in [0.717, 1.165) is 17.0 Å². The number of aliphatic hydroxyl groups is 1. The van der Waals surface area contributed by atoms with Crippen LogP contribution in [0.25, 0.3) is 27.5 Å². The third-order valence-electron chi connectivity index (χ3n) is 5.09. The lowest BCUT2D eigenvalue weighted by atomic mass is 9.87. The van der Waals surface area contributed by atoms with E-state index in [0.29, 0.717) is 16.5 Å². The topological polar surface area (TPSA) is 29.5 Å². The molecule has 0 saturated carbocycles. The van der Waals surface area contributed by atoms with Crippen molar-refractivity contribution in [2.45, 2.75) is 12.3 Å². The number of halogens is 3. The molecule has 0 amide bonds. The van der Waals surface area contributed by atoms with Crippen molar-refractivity contribution in [3.8, 4) is 16.9 Å². The fraction of sp³-hybridized carbons (Fsp3) is 0.143. The number of hydrogen-bond acceptors (Lipinski definition) is 2. The molecule has 0 aromatic heterocycles. The van der Waals surface area contributed by atoms with Crippen molar-refractivity contribution in [2.24, 2.45) is 0 Å². The van der Waals surface area contributed by atoms with Gasteiger partial charge < -0.3 is 9.84 Å². The van der Waals surface area contributed by atoms with Crippen LogP contribution in [-0.2, 0) is 0 Å². The highest BCUT2D eigenvalue weighted by Crippen LogP contribution is 2.56. The Morgan fingerprint density at radius 1 is 0.923 bits per heavy atom. The molecule has 26 heavy (non-hydrogen) atoms. The van der Waals surface area contributed by atoms with Gasteiger partial charge in [-0.05, 0) is 28.2 Å². The Labute approximate surface area is 147 Å². The van der Waals surface area contributed by atoms with Crippen molar-refractivity contribution in [1.82, 2.24) is 0 Å². The van der Waals surface area contributed by atoms with Crippen LogP contribution in [-0.4, -0.2) is 17.9 Å². The molecule has 0 saturated heterocycles. The molecule has 3 aromatic carbocycles. The van der Waals surface area contributed by atoms with Gasteiger partial charge in [0.15, 0.2) is 0 Å². The highest BCUT2D eigenvalue weighted by molar-refractivity contribution is 6.08. The van der Waals surface area contributed by atoms with Gasteiger partial charge in [-0.1, -0.05) is 48.5 Å². The van der Waals surface area contributed by atoms with Crippen molar-refractivity contribution in [2.75, 3.05) is 6.61 Å². The molecular weight excluding hydrogens is 341 g/mol. The molecule has 2 nitrogen and oxygen atoms in total. The second-order valence-electron chi connectivity index (χ2n) is 6.45.